The maximum absolute atomic E-state index is 13.1. The van der Waals surface area contributed by atoms with Gasteiger partial charge in [0.25, 0.3) is 5.56 Å². The van der Waals surface area contributed by atoms with Gasteiger partial charge in [0.05, 0.1) is 11.3 Å². The highest BCUT2D eigenvalue weighted by atomic mass is 16.2. The van der Waals surface area contributed by atoms with E-state index in [1.807, 2.05) is 17.9 Å². The first-order chi connectivity index (χ1) is 13.9. The van der Waals surface area contributed by atoms with Crippen molar-refractivity contribution < 1.29 is 4.79 Å². The number of amides is 1. The Morgan fingerprint density at radius 3 is 2.83 bits per heavy atom. The van der Waals surface area contributed by atoms with Gasteiger partial charge < -0.3 is 4.90 Å². The molecule has 29 heavy (non-hydrogen) atoms. The number of piperidine rings is 1. The van der Waals surface area contributed by atoms with E-state index in [0.717, 1.165) is 55.7 Å². The van der Waals surface area contributed by atoms with Gasteiger partial charge in [-0.3, -0.25) is 19.6 Å². The number of hydrogen-bond acceptors (Lipinski definition) is 4. The topological polar surface area (TPSA) is 73.7 Å². The summed E-state index contributed by atoms with van der Waals surface area (Å²) in [4.78, 5) is 34.9. The first kappa shape index (κ1) is 20.1. The fourth-order valence-electron chi connectivity index (χ4n) is 4.59. The van der Waals surface area contributed by atoms with Crippen molar-refractivity contribution in [3.05, 3.63) is 33.4 Å². The monoisotopic (exact) mass is 399 g/mol. The van der Waals surface area contributed by atoms with Crippen LogP contribution in [0.25, 0.3) is 5.65 Å². The number of aromatic amines is 1. The van der Waals surface area contributed by atoms with Gasteiger partial charge in [-0.1, -0.05) is 13.8 Å². The van der Waals surface area contributed by atoms with Crippen LogP contribution in [0.4, 0.5) is 0 Å². The zero-order valence-electron chi connectivity index (χ0n) is 18.1. The number of likely N-dealkylation sites (tertiary alicyclic amines) is 1. The smallest absolute Gasteiger partial charge is 0.277 e. The SMILES string of the molecule is CC[C@H](C)C(=O)N1CCC[C@H](c2cc3nc4c(c(=O)n3[nH]2)CN(C(C)C)CC4)C1. The minimum absolute atomic E-state index is 0.0185. The number of aromatic nitrogens is 3. The van der Waals surface area contributed by atoms with Crippen molar-refractivity contribution in [2.45, 2.75) is 71.9 Å². The van der Waals surface area contributed by atoms with Gasteiger partial charge in [0, 0.05) is 62.2 Å². The maximum Gasteiger partial charge on any atom is 0.277 e. The second-order valence-corrected chi connectivity index (χ2v) is 8.99. The Morgan fingerprint density at radius 1 is 1.31 bits per heavy atom. The summed E-state index contributed by atoms with van der Waals surface area (Å²) >= 11 is 0. The second-order valence-electron chi connectivity index (χ2n) is 8.99. The number of fused-ring (bicyclic) bond motifs is 2. The number of carbonyl (C=O) groups excluding carboxylic acids is 1. The maximum atomic E-state index is 13.1. The second kappa shape index (κ2) is 7.94. The molecule has 2 aliphatic heterocycles. The lowest BCUT2D eigenvalue weighted by Gasteiger charge is -2.33. The van der Waals surface area contributed by atoms with Gasteiger partial charge in [-0.25, -0.2) is 9.50 Å². The molecular formula is C22H33N5O2. The molecule has 158 valence electrons. The molecule has 4 heterocycles. The van der Waals surface area contributed by atoms with Crippen LogP contribution in [0, 0.1) is 5.92 Å². The van der Waals surface area contributed by atoms with Crippen molar-refractivity contribution in [1.82, 2.24) is 24.4 Å². The van der Waals surface area contributed by atoms with Gasteiger partial charge in [0.2, 0.25) is 5.91 Å². The van der Waals surface area contributed by atoms with Crippen LogP contribution in [0.1, 0.15) is 69.8 Å². The summed E-state index contributed by atoms with van der Waals surface area (Å²) in [6, 6.07) is 2.43. The van der Waals surface area contributed by atoms with Crippen LogP contribution in [0.15, 0.2) is 10.9 Å². The van der Waals surface area contributed by atoms with E-state index in [9.17, 15) is 9.59 Å². The molecule has 0 aliphatic carbocycles. The Labute approximate surface area is 172 Å². The standard InChI is InChI=1S/C22H33N5O2/c1-5-15(4)21(28)26-9-6-7-16(12-26)19-11-20-23-18-8-10-25(14(2)3)13-17(18)22(29)27(20)24-19/h11,14-16,24H,5-10,12-13H2,1-4H3/t15-,16-/m0/s1. The summed E-state index contributed by atoms with van der Waals surface area (Å²) in [6.07, 6.45) is 3.70. The molecule has 0 bridgehead atoms. The number of hydrogen-bond donors (Lipinski definition) is 1. The van der Waals surface area contributed by atoms with Crippen LogP contribution >= 0.6 is 0 Å². The Bertz CT molecular complexity index is 960. The number of nitrogens with zero attached hydrogens (tertiary/aromatic N) is 4. The normalized spacial score (nSPS) is 21.6. The van der Waals surface area contributed by atoms with Crippen molar-refractivity contribution in [3.8, 4) is 0 Å². The van der Waals surface area contributed by atoms with Gasteiger partial charge in [-0.2, -0.15) is 0 Å². The summed E-state index contributed by atoms with van der Waals surface area (Å²) in [7, 11) is 0. The summed E-state index contributed by atoms with van der Waals surface area (Å²) in [5.74, 6) is 0.534. The van der Waals surface area contributed by atoms with Crippen LogP contribution in [-0.4, -0.2) is 56.0 Å². The van der Waals surface area contributed by atoms with Gasteiger partial charge in [-0.05, 0) is 33.1 Å². The van der Waals surface area contributed by atoms with Crippen molar-refractivity contribution >= 4 is 11.6 Å². The molecule has 1 saturated heterocycles. The molecule has 0 saturated carbocycles. The van der Waals surface area contributed by atoms with Gasteiger partial charge in [0.1, 0.15) is 0 Å². The Kier molecular flexibility index (Phi) is 5.51. The first-order valence-electron chi connectivity index (χ1n) is 11.0. The highest BCUT2D eigenvalue weighted by Crippen LogP contribution is 2.28. The zero-order chi connectivity index (χ0) is 20.7. The van der Waals surface area contributed by atoms with E-state index in [4.69, 9.17) is 4.98 Å². The number of nitrogens with one attached hydrogen (secondary N) is 1. The molecule has 2 aromatic rings. The molecule has 1 amide bonds. The summed E-state index contributed by atoms with van der Waals surface area (Å²) < 4.78 is 1.60. The number of H-pyrrole nitrogens is 1. The lowest BCUT2D eigenvalue weighted by Crippen LogP contribution is -2.41. The fourth-order valence-corrected chi connectivity index (χ4v) is 4.59. The molecule has 1 fully saturated rings. The number of rotatable bonds is 4. The van der Waals surface area contributed by atoms with E-state index in [-0.39, 0.29) is 23.3 Å². The number of carbonyl (C=O) groups is 1. The van der Waals surface area contributed by atoms with E-state index >= 15 is 0 Å². The molecule has 2 aromatic heterocycles. The third-order valence-corrected chi connectivity index (χ3v) is 6.75. The lowest BCUT2D eigenvalue weighted by molar-refractivity contribution is -0.136. The van der Waals surface area contributed by atoms with Crippen LogP contribution in [0.5, 0.6) is 0 Å². The minimum Gasteiger partial charge on any atom is -0.342 e. The van der Waals surface area contributed by atoms with Crippen LogP contribution in [-0.2, 0) is 17.8 Å². The predicted molar refractivity (Wildman–Crippen MR) is 113 cm³/mol. The van der Waals surface area contributed by atoms with E-state index < -0.39 is 0 Å². The summed E-state index contributed by atoms with van der Waals surface area (Å²) in [5.41, 5.74) is 3.49. The van der Waals surface area contributed by atoms with E-state index in [1.165, 1.54) is 0 Å². The molecule has 7 heteroatoms. The van der Waals surface area contributed by atoms with Crippen LogP contribution in [0.3, 0.4) is 0 Å². The van der Waals surface area contributed by atoms with Crippen LogP contribution in [0.2, 0.25) is 0 Å². The minimum atomic E-state index is 0.0185. The van der Waals surface area contributed by atoms with Gasteiger partial charge in [0.15, 0.2) is 5.65 Å². The van der Waals surface area contributed by atoms with E-state index in [0.29, 0.717) is 24.8 Å². The quantitative estimate of drug-likeness (QED) is 0.857. The summed E-state index contributed by atoms with van der Waals surface area (Å²) in [6.45, 7) is 11.5. The van der Waals surface area contributed by atoms with Gasteiger partial charge >= 0.3 is 0 Å². The fraction of sp³-hybridized carbons (Fsp3) is 0.682. The molecule has 0 unspecified atom stereocenters. The molecule has 0 radical (unpaired) electrons. The highest BCUT2D eigenvalue weighted by molar-refractivity contribution is 5.78. The third kappa shape index (κ3) is 3.72. The molecule has 1 N–H and O–H groups in total. The molecule has 7 nitrogen and oxygen atoms in total. The Morgan fingerprint density at radius 2 is 2.10 bits per heavy atom. The Hall–Kier alpha value is -2.15. The molecule has 2 atom stereocenters. The Balaban J connectivity index is 1.62. The lowest BCUT2D eigenvalue weighted by atomic mass is 9.93. The van der Waals surface area contributed by atoms with E-state index in [1.54, 1.807) is 4.52 Å². The molecule has 0 aromatic carbocycles. The van der Waals surface area contributed by atoms with Crippen molar-refractivity contribution in [2.75, 3.05) is 19.6 Å². The molecule has 4 rings (SSSR count). The van der Waals surface area contributed by atoms with Crippen LogP contribution < -0.4 is 5.56 Å². The van der Waals surface area contributed by atoms with E-state index in [2.05, 4.69) is 30.8 Å². The first-order valence-corrected chi connectivity index (χ1v) is 11.0. The largest absolute Gasteiger partial charge is 0.342 e. The van der Waals surface area contributed by atoms with Crippen molar-refractivity contribution in [3.63, 3.8) is 0 Å². The highest BCUT2D eigenvalue weighted by Gasteiger charge is 2.29. The van der Waals surface area contributed by atoms with Gasteiger partial charge in [-0.15, -0.1) is 0 Å². The molecular weight excluding hydrogens is 366 g/mol. The third-order valence-electron chi connectivity index (χ3n) is 6.75. The summed E-state index contributed by atoms with van der Waals surface area (Å²) in [5, 5.41) is 3.32. The molecule has 0 spiro atoms. The predicted octanol–water partition coefficient (Wildman–Crippen LogP) is 2.54. The zero-order valence-corrected chi connectivity index (χ0v) is 18.1. The average molecular weight is 400 g/mol. The molecule has 2 aliphatic rings. The van der Waals surface area contributed by atoms with Crippen molar-refractivity contribution in [1.29, 1.82) is 0 Å². The average Bonchev–Trinajstić information content (AvgIpc) is 3.17. The van der Waals surface area contributed by atoms with Crippen molar-refractivity contribution in [2.24, 2.45) is 5.92 Å².